The fourth-order valence-electron chi connectivity index (χ4n) is 4.21. The van der Waals surface area contributed by atoms with Gasteiger partial charge in [0.25, 0.3) is 11.7 Å². The third-order valence-electron chi connectivity index (χ3n) is 6.02. The van der Waals surface area contributed by atoms with Crippen LogP contribution >= 0.6 is 11.6 Å². The number of halogens is 1. The molecule has 3 aromatic carbocycles. The summed E-state index contributed by atoms with van der Waals surface area (Å²) in [7, 11) is 5.34. The SMILES string of the molecule is CCOc1ccc(/C(O)=C2\C(=O)C(=O)N(c3ccc(OC)c(Cl)c3)C2c2ccc(N(C)C)cc2)cc1. The molecule has 1 atom stereocenters. The number of aliphatic hydroxyl groups is 1. The topological polar surface area (TPSA) is 79.3 Å². The summed E-state index contributed by atoms with van der Waals surface area (Å²) in [6.45, 7) is 2.38. The summed E-state index contributed by atoms with van der Waals surface area (Å²) in [4.78, 5) is 30.0. The predicted molar refractivity (Wildman–Crippen MR) is 141 cm³/mol. The van der Waals surface area contributed by atoms with Crippen molar-refractivity contribution in [3.8, 4) is 11.5 Å². The van der Waals surface area contributed by atoms with Gasteiger partial charge in [0.2, 0.25) is 0 Å². The first-order valence-corrected chi connectivity index (χ1v) is 11.8. The van der Waals surface area contributed by atoms with Crippen LogP contribution in [0, 0.1) is 0 Å². The molecular weight excluding hydrogens is 480 g/mol. The van der Waals surface area contributed by atoms with E-state index in [0.717, 1.165) is 5.69 Å². The molecule has 1 fully saturated rings. The number of amides is 1. The van der Waals surface area contributed by atoms with Gasteiger partial charge in [-0.2, -0.15) is 0 Å². The summed E-state index contributed by atoms with van der Waals surface area (Å²) < 4.78 is 10.7. The lowest BCUT2D eigenvalue weighted by atomic mass is 9.95. The van der Waals surface area contributed by atoms with Crippen molar-refractivity contribution in [2.24, 2.45) is 0 Å². The van der Waals surface area contributed by atoms with Crippen molar-refractivity contribution in [2.75, 3.05) is 37.6 Å². The maximum atomic E-state index is 13.3. The van der Waals surface area contributed by atoms with Gasteiger partial charge in [0.05, 0.1) is 30.4 Å². The van der Waals surface area contributed by atoms with Crippen molar-refractivity contribution in [1.29, 1.82) is 0 Å². The molecule has 1 aliphatic rings. The summed E-state index contributed by atoms with van der Waals surface area (Å²) in [5, 5.41) is 11.6. The predicted octanol–water partition coefficient (Wildman–Crippen LogP) is 5.44. The number of hydrogen-bond acceptors (Lipinski definition) is 6. The second kappa shape index (κ2) is 10.3. The third kappa shape index (κ3) is 4.62. The van der Waals surface area contributed by atoms with Crippen LogP contribution in [0.5, 0.6) is 11.5 Å². The first-order valence-electron chi connectivity index (χ1n) is 11.4. The smallest absolute Gasteiger partial charge is 0.300 e. The molecule has 0 aromatic heterocycles. The Hall–Kier alpha value is -3.97. The molecule has 0 radical (unpaired) electrons. The Kier molecular flexibility index (Phi) is 7.22. The molecule has 1 aliphatic heterocycles. The first-order chi connectivity index (χ1) is 17.3. The Morgan fingerprint density at radius 2 is 1.69 bits per heavy atom. The van der Waals surface area contributed by atoms with Gasteiger partial charge in [-0.05, 0) is 67.1 Å². The number of rotatable bonds is 7. The molecule has 8 heteroatoms. The van der Waals surface area contributed by atoms with E-state index in [1.165, 1.54) is 12.0 Å². The van der Waals surface area contributed by atoms with E-state index >= 15 is 0 Å². The van der Waals surface area contributed by atoms with E-state index in [0.29, 0.717) is 39.9 Å². The van der Waals surface area contributed by atoms with Crippen molar-refractivity contribution < 1.29 is 24.2 Å². The van der Waals surface area contributed by atoms with Crippen molar-refractivity contribution in [2.45, 2.75) is 13.0 Å². The molecule has 0 aliphatic carbocycles. The van der Waals surface area contributed by atoms with E-state index in [2.05, 4.69) is 0 Å². The Morgan fingerprint density at radius 3 is 2.25 bits per heavy atom. The van der Waals surface area contributed by atoms with Crippen LogP contribution in [0.4, 0.5) is 11.4 Å². The highest BCUT2D eigenvalue weighted by Crippen LogP contribution is 2.44. The van der Waals surface area contributed by atoms with Gasteiger partial charge in [-0.25, -0.2) is 0 Å². The number of ketones is 1. The van der Waals surface area contributed by atoms with Gasteiger partial charge in [0, 0.05) is 31.0 Å². The molecule has 7 nitrogen and oxygen atoms in total. The van der Waals surface area contributed by atoms with Crippen LogP contribution in [0.2, 0.25) is 5.02 Å². The Morgan fingerprint density at radius 1 is 1.03 bits per heavy atom. The maximum absolute atomic E-state index is 13.3. The highest BCUT2D eigenvalue weighted by Gasteiger charge is 2.47. The summed E-state index contributed by atoms with van der Waals surface area (Å²) >= 11 is 6.35. The number of methoxy groups -OCH3 is 1. The monoisotopic (exact) mass is 506 g/mol. The minimum Gasteiger partial charge on any atom is -0.507 e. The van der Waals surface area contributed by atoms with Gasteiger partial charge in [-0.3, -0.25) is 14.5 Å². The minimum absolute atomic E-state index is 0.00583. The van der Waals surface area contributed by atoms with E-state index < -0.39 is 17.7 Å². The minimum atomic E-state index is -0.864. The lowest BCUT2D eigenvalue weighted by Gasteiger charge is -2.26. The van der Waals surface area contributed by atoms with Crippen molar-refractivity contribution in [3.05, 3.63) is 88.5 Å². The number of ether oxygens (including phenoxy) is 2. The Labute approximate surface area is 215 Å². The van der Waals surface area contributed by atoms with Gasteiger partial charge < -0.3 is 19.5 Å². The van der Waals surface area contributed by atoms with E-state index in [1.807, 2.05) is 50.2 Å². The number of carbonyl (C=O) groups is 2. The van der Waals surface area contributed by atoms with Gasteiger partial charge in [-0.1, -0.05) is 23.7 Å². The van der Waals surface area contributed by atoms with E-state index in [-0.39, 0.29) is 11.3 Å². The Bertz CT molecular complexity index is 1320. The summed E-state index contributed by atoms with van der Waals surface area (Å²) in [6.07, 6.45) is 0. The average Bonchev–Trinajstić information content (AvgIpc) is 3.14. The van der Waals surface area contributed by atoms with Crippen LogP contribution in [0.1, 0.15) is 24.1 Å². The number of carbonyl (C=O) groups excluding carboxylic acids is 2. The lowest BCUT2D eigenvalue weighted by Crippen LogP contribution is -2.29. The molecule has 0 bridgehead atoms. The normalized spacial score (nSPS) is 16.8. The maximum Gasteiger partial charge on any atom is 0.300 e. The number of nitrogens with zero attached hydrogens (tertiary/aromatic N) is 2. The standard InChI is InChI=1S/C28H27ClN2O5/c1-5-36-21-13-8-18(9-14-21)26(32)24-25(17-6-10-19(11-7-17)30(2)3)31(28(34)27(24)33)20-12-15-23(35-4)22(29)16-20/h6-16,25,32H,5H2,1-4H3/b26-24+. The molecule has 0 spiro atoms. The molecule has 0 saturated carbocycles. The summed E-state index contributed by atoms with van der Waals surface area (Å²) in [6, 6.07) is 18.2. The second-order valence-corrected chi connectivity index (χ2v) is 8.84. The van der Waals surface area contributed by atoms with Gasteiger partial charge in [-0.15, -0.1) is 0 Å². The highest BCUT2D eigenvalue weighted by molar-refractivity contribution is 6.51. The fourth-order valence-corrected chi connectivity index (χ4v) is 4.46. The molecule has 1 N–H and O–H groups in total. The quantitative estimate of drug-likeness (QED) is 0.261. The molecule has 1 unspecified atom stereocenters. The Balaban J connectivity index is 1.89. The lowest BCUT2D eigenvalue weighted by molar-refractivity contribution is -0.132. The van der Waals surface area contributed by atoms with Crippen molar-refractivity contribution >= 4 is 40.4 Å². The number of aliphatic hydroxyl groups excluding tert-OH is 1. The van der Waals surface area contributed by atoms with E-state index in [4.69, 9.17) is 21.1 Å². The van der Waals surface area contributed by atoms with Gasteiger partial charge in [0.1, 0.15) is 17.3 Å². The molecule has 4 rings (SSSR count). The van der Waals surface area contributed by atoms with Crippen LogP contribution in [0.25, 0.3) is 5.76 Å². The zero-order chi connectivity index (χ0) is 26.0. The second-order valence-electron chi connectivity index (χ2n) is 8.43. The number of hydrogen-bond donors (Lipinski definition) is 1. The van der Waals surface area contributed by atoms with Crippen molar-refractivity contribution in [3.63, 3.8) is 0 Å². The zero-order valence-corrected chi connectivity index (χ0v) is 21.2. The number of benzene rings is 3. The van der Waals surface area contributed by atoms with E-state index in [1.54, 1.807) is 42.5 Å². The van der Waals surface area contributed by atoms with Gasteiger partial charge in [0.15, 0.2) is 0 Å². The molecule has 36 heavy (non-hydrogen) atoms. The largest absolute Gasteiger partial charge is 0.507 e. The van der Waals surface area contributed by atoms with Crippen LogP contribution in [-0.4, -0.2) is 44.6 Å². The average molecular weight is 507 g/mol. The van der Waals surface area contributed by atoms with Crippen LogP contribution in [-0.2, 0) is 9.59 Å². The van der Waals surface area contributed by atoms with Crippen LogP contribution < -0.4 is 19.3 Å². The molecule has 1 saturated heterocycles. The number of Topliss-reactive ketones (excluding diaryl/α,β-unsaturated/α-hetero) is 1. The van der Waals surface area contributed by atoms with Crippen molar-refractivity contribution in [1.82, 2.24) is 0 Å². The molecule has 3 aromatic rings. The molecule has 1 amide bonds. The van der Waals surface area contributed by atoms with Crippen LogP contribution in [0.15, 0.2) is 72.3 Å². The van der Waals surface area contributed by atoms with Crippen LogP contribution in [0.3, 0.4) is 0 Å². The summed E-state index contributed by atoms with van der Waals surface area (Å²) in [5.74, 6) is -0.725. The molecular formula is C28H27ClN2O5. The first kappa shape index (κ1) is 25.1. The summed E-state index contributed by atoms with van der Waals surface area (Å²) in [5.41, 5.74) is 2.43. The molecule has 186 valence electrons. The zero-order valence-electron chi connectivity index (χ0n) is 20.5. The third-order valence-corrected chi connectivity index (χ3v) is 6.32. The highest BCUT2D eigenvalue weighted by atomic mass is 35.5. The number of anilines is 2. The van der Waals surface area contributed by atoms with Gasteiger partial charge >= 0.3 is 0 Å². The molecule has 1 heterocycles. The fraction of sp³-hybridized carbons (Fsp3) is 0.214. The van der Waals surface area contributed by atoms with E-state index in [9.17, 15) is 14.7 Å².